The maximum absolute atomic E-state index is 12.7. The lowest BCUT2D eigenvalue weighted by Gasteiger charge is -2.19. The van der Waals surface area contributed by atoms with Gasteiger partial charge in [0.05, 0.1) is 10.6 Å². The quantitative estimate of drug-likeness (QED) is 0.863. The summed E-state index contributed by atoms with van der Waals surface area (Å²) in [7, 11) is -3.51. The molecule has 104 valence electrons. The minimum atomic E-state index is -3.51. The number of anilines is 2. The molecule has 0 saturated heterocycles. The van der Waals surface area contributed by atoms with E-state index in [9.17, 15) is 8.42 Å². The Hall–Kier alpha value is -2.01. The van der Waals surface area contributed by atoms with E-state index in [0.717, 1.165) is 11.1 Å². The van der Waals surface area contributed by atoms with E-state index in [0.29, 0.717) is 29.2 Å². The molecule has 0 bridgehead atoms. The van der Waals surface area contributed by atoms with Crippen LogP contribution in [0.3, 0.4) is 0 Å². The molecule has 0 aliphatic carbocycles. The van der Waals surface area contributed by atoms with E-state index >= 15 is 0 Å². The number of hydrogen-bond donors (Lipinski definition) is 1. The number of hydrogen-bond acceptors (Lipinski definition) is 3. The van der Waals surface area contributed by atoms with Crippen LogP contribution in [0.1, 0.15) is 11.1 Å². The second-order valence-corrected chi connectivity index (χ2v) is 6.85. The summed E-state index contributed by atoms with van der Waals surface area (Å²) in [5, 5.41) is 0. The average molecular weight is 288 g/mol. The van der Waals surface area contributed by atoms with Crippen molar-refractivity contribution in [2.45, 2.75) is 18.2 Å². The fraction of sp³-hybridized carbons (Fsp3) is 0.200. The van der Waals surface area contributed by atoms with Crippen molar-refractivity contribution in [3.05, 3.63) is 53.6 Å². The number of benzene rings is 2. The molecule has 3 rings (SSSR count). The van der Waals surface area contributed by atoms with Crippen molar-refractivity contribution >= 4 is 21.4 Å². The normalized spacial score (nSPS) is 14.3. The van der Waals surface area contributed by atoms with Crippen molar-refractivity contribution in [2.75, 3.05) is 16.6 Å². The summed E-state index contributed by atoms with van der Waals surface area (Å²) in [6.07, 6.45) is 0.660. The maximum atomic E-state index is 12.7. The Balaban J connectivity index is 2.07. The lowest BCUT2D eigenvalue weighted by molar-refractivity contribution is 0.592. The third-order valence-electron chi connectivity index (χ3n) is 3.63. The molecule has 1 heterocycles. The molecular weight excluding hydrogens is 272 g/mol. The number of nitrogens with two attached hydrogens (primary N) is 1. The SMILES string of the molecule is Cc1ccc(S(=O)(=O)N2CCc3c(N)cccc32)cc1. The third kappa shape index (κ3) is 1.94. The molecule has 5 heteroatoms. The molecule has 0 aromatic heterocycles. The summed E-state index contributed by atoms with van der Waals surface area (Å²) in [5.74, 6) is 0. The standard InChI is InChI=1S/C15H16N2O2S/c1-11-5-7-12(8-6-11)20(18,19)17-10-9-13-14(16)3-2-4-15(13)17/h2-8H,9-10,16H2,1H3. The van der Waals surface area contributed by atoms with Crippen molar-refractivity contribution in [2.24, 2.45) is 0 Å². The summed E-state index contributed by atoms with van der Waals surface area (Å²) in [6, 6.07) is 12.3. The Labute approximate surface area is 118 Å². The fourth-order valence-corrected chi connectivity index (χ4v) is 4.02. The van der Waals surface area contributed by atoms with E-state index in [1.54, 1.807) is 24.3 Å². The van der Waals surface area contributed by atoms with Gasteiger partial charge in [0.25, 0.3) is 10.0 Å². The van der Waals surface area contributed by atoms with Crippen molar-refractivity contribution in [3.63, 3.8) is 0 Å². The van der Waals surface area contributed by atoms with Gasteiger partial charge in [-0.15, -0.1) is 0 Å². The van der Waals surface area contributed by atoms with Crippen molar-refractivity contribution in [3.8, 4) is 0 Å². The lowest BCUT2D eigenvalue weighted by atomic mass is 10.1. The van der Waals surface area contributed by atoms with E-state index in [1.807, 2.05) is 25.1 Å². The summed E-state index contributed by atoms with van der Waals surface area (Å²) >= 11 is 0. The van der Waals surface area contributed by atoms with Crippen molar-refractivity contribution in [1.29, 1.82) is 0 Å². The zero-order chi connectivity index (χ0) is 14.3. The zero-order valence-corrected chi connectivity index (χ0v) is 12.0. The smallest absolute Gasteiger partial charge is 0.264 e. The lowest BCUT2D eigenvalue weighted by Crippen LogP contribution is -2.29. The molecule has 1 aliphatic heterocycles. The Kier molecular flexibility index (Phi) is 2.94. The first-order valence-corrected chi connectivity index (χ1v) is 7.91. The second kappa shape index (κ2) is 4.52. The molecule has 4 nitrogen and oxygen atoms in total. The Morgan fingerprint density at radius 1 is 1.10 bits per heavy atom. The molecule has 0 atom stereocenters. The van der Waals surface area contributed by atoms with Gasteiger partial charge < -0.3 is 5.73 Å². The van der Waals surface area contributed by atoms with E-state index in [-0.39, 0.29) is 0 Å². The first-order chi connectivity index (χ1) is 9.50. The molecule has 20 heavy (non-hydrogen) atoms. The first-order valence-electron chi connectivity index (χ1n) is 6.47. The van der Waals surface area contributed by atoms with E-state index in [4.69, 9.17) is 5.73 Å². The van der Waals surface area contributed by atoms with Crippen molar-refractivity contribution < 1.29 is 8.42 Å². The third-order valence-corrected chi connectivity index (χ3v) is 5.46. The van der Waals surface area contributed by atoms with Crippen LogP contribution in [0.25, 0.3) is 0 Å². The molecule has 0 unspecified atom stereocenters. The van der Waals surface area contributed by atoms with Gasteiger partial charge in [0.1, 0.15) is 0 Å². The maximum Gasteiger partial charge on any atom is 0.264 e. The molecule has 2 N–H and O–H groups in total. The molecule has 0 spiro atoms. The highest BCUT2D eigenvalue weighted by atomic mass is 32.2. The summed E-state index contributed by atoms with van der Waals surface area (Å²) in [5.41, 5.74) is 9.23. The second-order valence-electron chi connectivity index (χ2n) is 4.99. The number of aryl methyl sites for hydroxylation is 1. The van der Waals surface area contributed by atoms with Gasteiger partial charge in [-0.05, 0) is 37.6 Å². The van der Waals surface area contributed by atoms with Crippen molar-refractivity contribution in [1.82, 2.24) is 0 Å². The Bertz CT molecular complexity index is 752. The number of nitrogens with zero attached hydrogens (tertiary/aromatic N) is 1. The van der Waals surface area contributed by atoms with Crippen LogP contribution in [0, 0.1) is 6.92 Å². The first kappa shape index (κ1) is 13.0. The van der Waals surface area contributed by atoms with Gasteiger partial charge in [0, 0.05) is 17.8 Å². The summed E-state index contributed by atoms with van der Waals surface area (Å²) < 4.78 is 26.9. The fourth-order valence-electron chi connectivity index (χ4n) is 2.52. The molecule has 0 saturated carbocycles. The van der Waals surface area contributed by atoms with Crippen LogP contribution in [-0.2, 0) is 16.4 Å². The average Bonchev–Trinajstić information content (AvgIpc) is 2.85. The van der Waals surface area contributed by atoms with Gasteiger partial charge >= 0.3 is 0 Å². The zero-order valence-electron chi connectivity index (χ0n) is 11.2. The van der Waals surface area contributed by atoms with Crippen LogP contribution < -0.4 is 10.0 Å². The molecule has 2 aromatic carbocycles. The minimum absolute atomic E-state index is 0.318. The van der Waals surface area contributed by atoms with Gasteiger partial charge in [-0.2, -0.15) is 0 Å². The number of fused-ring (bicyclic) bond motifs is 1. The largest absolute Gasteiger partial charge is 0.398 e. The summed E-state index contributed by atoms with van der Waals surface area (Å²) in [4.78, 5) is 0.318. The number of rotatable bonds is 2. The Morgan fingerprint density at radius 2 is 1.80 bits per heavy atom. The Morgan fingerprint density at radius 3 is 2.50 bits per heavy atom. The molecule has 2 aromatic rings. The molecule has 0 fully saturated rings. The van der Waals surface area contributed by atoms with Gasteiger partial charge in [-0.3, -0.25) is 4.31 Å². The van der Waals surface area contributed by atoms with E-state index in [1.165, 1.54) is 4.31 Å². The topological polar surface area (TPSA) is 63.4 Å². The molecule has 0 amide bonds. The van der Waals surface area contributed by atoms with E-state index in [2.05, 4.69) is 0 Å². The number of sulfonamides is 1. The van der Waals surface area contributed by atoms with Gasteiger partial charge in [-0.25, -0.2) is 8.42 Å². The summed E-state index contributed by atoms with van der Waals surface area (Å²) in [6.45, 7) is 2.38. The van der Waals surface area contributed by atoms with Gasteiger partial charge in [-0.1, -0.05) is 23.8 Å². The van der Waals surface area contributed by atoms with Crippen LogP contribution in [0.5, 0.6) is 0 Å². The molecular formula is C15H16N2O2S. The van der Waals surface area contributed by atoms with Crippen LogP contribution >= 0.6 is 0 Å². The van der Waals surface area contributed by atoms with Gasteiger partial charge in [0.2, 0.25) is 0 Å². The molecule has 1 aliphatic rings. The van der Waals surface area contributed by atoms with Crippen LogP contribution in [0.4, 0.5) is 11.4 Å². The minimum Gasteiger partial charge on any atom is -0.398 e. The monoisotopic (exact) mass is 288 g/mol. The van der Waals surface area contributed by atoms with Crippen LogP contribution in [0.15, 0.2) is 47.4 Å². The van der Waals surface area contributed by atoms with Crippen LogP contribution in [0.2, 0.25) is 0 Å². The predicted molar refractivity (Wildman–Crippen MR) is 80.3 cm³/mol. The highest BCUT2D eigenvalue weighted by molar-refractivity contribution is 7.92. The van der Waals surface area contributed by atoms with Crippen LogP contribution in [-0.4, -0.2) is 15.0 Å². The highest BCUT2D eigenvalue weighted by Gasteiger charge is 2.31. The van der Waals surface area contributed by atoms with E-state index < -0.39 is 10.0 Å². The van der Waals surface area contributed by atoms with Gasteiger partial charge in [0.15, 0.2) is 0 Å². The number of nitrogen functional groups attached to an aromatic ring is 1. The molecule has 0 radical (unpaired) electrons. The highest BCUT2D eigenvalue weighted by Crippen LogP contribution is 2.35. The predicted octanol–water partition coefficient (Wildman–Crippen LogP) is 2.33.